The molecule has 0 saturated carbocycles. The van der Waals surface area contributed by atoms with Gasteiger partial charge in [0, 0.05) is 12.3 Å². The number of nitrogens with two attached hydrogens (primary N) is 1. The van der Waals surface area contributed by atoms with Gasteiger partial charge in [-0.15, -0.1) is 0 Å². The van der Waals surface area contributed by atoms with Crippen LogP contribution < -0.4 is 10.5 Å². The van der Waals surface area contributed by atoms with Gasteiger partial charge in [-0.05, 0) is 5.56 Å². The third-order valence-electron chi connectivity index (χ3n) is 3.29. The first-order chi connectivity index (χ1) is 12.8. The minimum Gasteiger partial charge on any atom is -0.470 e. The summed E-state index contributed by atoms with van der Waals surface area (Å²) in [5.74, 6) is -3.18. The number of esters is 1. The second-order valence-corrected chi connectivity index (χ2v) is 5.43. The highest BCUT2D eigenvalue weighted by Crippen LogP contribution is 2.26. The average Bonchev–Trinajstić information content (AvgIpc) is 2.64. The minimum atomic E-state index is -4.73. The van der Waals surface area contributed by atoms with Gasteiger partial charge in [0.25, 0.3) is 0 Å². The quantitative estimate of drug-likeness (QED) is 0.694. The fourth-order valence-electron chi connectivity index (χ4n) is 1.90. The highest BCUT2D eigenvalue weighted by molar-refractivity contribution is 5.89. The Kier molecular flexibility index (Phi) is 6.83. The van der Waals surface area contributed by atoms with Crippen LogP contribution in [-0.4, -0.2) is 34.4 Å². The first-order valence-corrected chi connectivity index (χ1v) is 7.76. The number of Topliss-reactive ketones (excluding diaryl/α,β-unsaturated/α-hetero) is 1. The van der Waals surface area contributed by atoms with Crippen LogP contribution >= 0.6 is 0 Å². The number of ketones is 1. The number of rotatable bonds is 8. The molecule has 1 atom stereocenters. The predicted octanol–water partition coefficient (Wildman–Crippen LogP) is 1.90. The Morgan fingerprint density at radius 2 is 1.85 bits per heavy atom. The molecule has 0 amide bonds. The molecular formula is C17H16F3N3O4. The molecule has 0 fully saturated rings. The van der Waals surface area contributed by atoms with Crippen molar-refractivity contribution in [2.75, 3.05) is 6.61 Å². The fraction of sp³-hybridized carbons (Fsp3) is 0.294. The maximum Gasteiger partial charge on any atom is 0.451 e. The van der Waals surface area contributed by atoms with Gasteiger partial charge in [-0.25, -0.2) is 4.98 Å². The minimum absolute atomic E-state index is 0.0399. The molecule has 1 heterocycles. The molecule has 0 aliphatic rings. The van der Waals surface area contributed by atoms with Crippen LogP contribution in [0.15, 0.2) is 42.6 Å². The largest absolute Gasteiger partial charge is 0.470 e. The summed E-state index contributed by atoms with van der Waals surface area (Å²) in [5, 5.41) is 0. The van der Waals surface area contributed by atoms with Crippen molar-refractivity contribution >= 4 is 11.8 Å². The molecule has 1 aromatic heterocycles. The summed E-state index contributed by atoms with van der Waals surface area (Å²) in [5.41, 5.74) is 6.38. The number of carbonyl (C=O) groups excluding carboxylic acids is 2. The molecule has 27 heavy (non-hydrogen) atoms. The van der Waals surface area contributed by atoms with E-state index in [1.165, 1.54) is 0 Å². The Bertz CT molecular complexity index is 784. The predicted molar refractivity (Wildman–Crippen MR) is 86.4 cm³/mol. The maximum absolute atomic E-state index is 12.5. The van der Waals surface area contributed by atoms with Gasteiger partial charge in [0.05, 0.1) is 12.5 Å². The normalized spacial score (nSPS) is 12.3. The lowest BCUT2D eigenvalue weighted by Crippen LogP contribution is -2.36. The lowest BCUT2D eigenvalue weighted by atomic mass is 10.1. The van der Waals surface area contributed by atoms with Crippen LogP contribution in [-0.2, 0) is 27.1 Å². The summed E-state index contributed by atoms with van der Waals surface area (Å²) in [6.45, 7) is -0.598. The van der Waals surface area contributed by atoms with Gasteiger partial charge in [0.15, 0.2) is 5.78 Å². The van der Waals surface area contributed by atoms with Gasteiger partial charge in [-0.1, -0.05) is 30.3 Å². The van der Waals surface area contributed by atoms with Crippen molar-refractivity contribution in [1.29, 1.82) is 0 Å². The number of alkyl halides is 3. The van der Waals surface area contributed by atoms with E-state index in [4.69, 9.17) is 15.2 Å². The van der Waals surface area contributed by atoms with Gasteiger partial charge < -0.3 is 15.2 Å². The number of hydrogen-bond acceptors (Lipinski definition) is 7. The standard InChI is InChI=1S/C17H16F3N3O4/c18-17(19,20)16-22-7-6-14(23-16)26-10-13(24)12(21)8-15(25)27-9-11-4-2-1-3-5-11/h1-7,12H,8-10,21H2/t12-/m0/s1. The van der Waals surface area contributed by atoms with Crippen molar-refractivity contribution in [3.63, 3.8) is 0 Å². The summed E-state index contributed by atoms with van der Waals surface area (Å²) in [7, 11) is 0. The Hall–Kier alpha value is -3.01. The average molecular weight is 383 g/mol. The monoisotopic (exact) mass is 383 g/mol. The molecular weight excluding hydrogens is 367 g/mol. The van der Waals surface area contributed by atoms with E-state index < -0.39 is 42.3 Å². The third-order valence-corrected chi connectivity index (χ3v) is 3.29. The van der Waals surface area contributed by atoms with E-state index in [-0.39, 0.29) is 13.0 Å². The molecule has 0 bridgehead atoms. The number of hydrogen-bond donors (Lipinski definition) is 1. The van der Waals surface area contributed by atoms with Crippen LogP contribution in [0.4, 0.5) is 13.2 Å². The molecule has 0 aliphatic carbocycles. The molecule has 10 heteroatoms. The van der Waals surface area contributed by atoms with E-state index in [0.717, 1.165) is 17.8 Å². The van der Waals surface area contributed by atoms with Gasteiger partial charge in [-0.3, -0.25) is 9.59 Å². The number of nitrogens with zero attached hydrogens (tertiary/aromatic N) is 2. The molecule has 0 radical (unpaired) electrons. The zero-order valence-electron chi connectivity index (χ0n) is 14.0. The molecule has 0 unspecified atom stereocenters. The van der Waals surface area contributed by atoms with Crippen molar-refractivity contribution in [3.8, 4) is 5.88 Å². The zero-order chi connectivity index (χ0) is 19.9. The van der Waals surface area contributed by atoms with E-state index in [1.807, 2.05) is 6.07 Å². The van der Waals surface area contributed by atoms with Crippen LogP contribution in [0, 0.1) is 0 Å². The molecule has 1 aromatic carbocycles. The number of aromatic nitrogens is 2. The highest BCUT2D eigenvalue weighted by Gasteiger charge is 2.35. The second-order valence-electron chi connectivity index (χ2n) is 5.43. The van der Waals surface area contributed by atoms with E-state index in [0.29, 0.717) is 0 Å². The maximum atomic E-state index is 12.5. The Morgan fingerprint density at radius 3 is 2.52 bits per heavy atom. The summed E-state index contributed by atoms with van der Waals surface area (Å²) in [4.78, 5) is 29.8. The van der Waals surface area contributed by atoms with Crippen LogP contribution in [0.5, 0.6) is 5.88 Å². The van der Waals surface area contributed by atoms with Crippen molar-refractivity contribution in [1.82, 2.24) is 9.97 Å². The van der Waals surface area contributed by atoms with Gasteiger partial charge in [-0.2, -0.15) is 18.2 Å². The number of benzene rings is 1. The topological polar surface area (TPSA) is 104 Å². The molecule has 0 spiro atoms. The lowest BCUT2D eigenvalue weighted by Gasteiger charge is -2.12. The molecule has 7 nitrogen and oxygen atoms in total. The zero-order valence-corrected chi connectivity index (χ0v) is 14.0. The van der Waals surface area contributed by atoms with Gasteiger partial charge in [0.1, 0.15) is 13.2 Å². The summed E-state index contributed by atoms with van der Waals surface area (Å²) in [6.07, 6.45) is -4.26. The van der Waals surface area contributed by atoms with E-state index >= 15 is 0 Å². The number of carbonyl (C=O) groups is 2. The smallest absolute Gasteiger partial charge is 0.451 e. The van der Waals surface area contributed by atoms with Crippen LogP contribution in [0.25, 0.3) is 0 Å². The first kappa shape index (κ1) is 20.3. The van der Waals surface area contributed by atoms with Gasteiger partial charge >= 0.3 is 12.1 Å². The van der Waals surface area contributed by atoms with Crippen molar-refractivity contribution in [2.24, 2.45) is 5.73 Å². The lowest BCUT2D eigenvalue weighted by molar-refractivity contribution is -0.147. The fourth-order valence-corrected chi connectivity index (χ4v) is 1.90. The number of halogens is 3. The molecule has 2 rings (SSSR count). The SMILES string of the molecule is N[C@@H](CC(=O)OCc1ccccc1)C(=O)COc1ccnc(C(F)(F)F)n1. The van der Waals surface area contributed by atoms with E-state index in [9.17, 15) is 22.8 Å². The number of ether oxygens (including phenoxy) is 2. The Balaban J connectivity index is 1.79. The Labute approximate surface area is 152 Å². The van der Waals surface area contributed by atoms with Crippen molar-refractivity contribution < 1.29 is 32.2 Å². The molecule has 0 aliphatic heterocycles. The van der Waals surface area contributed by atoms with E-state index in [1.54, 1.807) is 24.3 Å². The first-order valence-electron chi connectivity index (χ1n) is 7.76. The molecule has 2 aromatic rings. The summed E-state index contributed by atoms with van der Waals surface area (Å²) < 4.78 is 47.5. The van der Waals surface area contributed by atoms with Crippen LogP contribution in [0.2, 0.25) is 0 Å². The summed E-state index contributed by atoms with van der Waals surface area (Å²) >= 11 is 0. The van der Waals surface area contributed by atoms with E-state index in [2.05, 4.69) is 9.97 Å². The Morgan fingerprint density at radius 1 is 1.15 bits per heavy atom. The second kappa shape index (κ2) is 9.08. The summed E-state index contributed by atoms with van der Waals surface area (Å²) in [6, 6.07) is 8.78. The van der Waals surface area contributed by atoms with Crippen LogP contribution in [0.1, 0.15) is 17.8 Å². The molecule has 2 N–H and O–H groups in total. The van der Waals surface area contributed by atoms with Crippen LogP contribution in [0.3, 0.4) is 0 Å². The highest BCUT2D eigenvalue weighted by atomic mass is 19.4. The van der Waals surface area contributed by atoms with Gasteiger partial charge in [0.2, 0.25) is 11.7 Å². The third kappa shape index (κ3) is 6.66. The van der Waals surface area contributed by atoms with Crippen molar-refractivity contribution in [3.05, 3.63) is 54.0 Å². The molecule has 0 saturated heterocycles. The molecule has 144 valence electrons. The van der Waals surface area contributed by atoms with Crippen molar-refractivity contribution in [2.45, 2.75) is 25.2 Å².